The fourth-order valence-electron chi connectivity index (χ4n) is 1.33. The number of hydrogen-bond acceptors (Lipinski definition) is 3. The zero-order valence-corrected chi connectivity index (χ0v) is 7.33. The molecule has 0 atom stereocenters. The Balaban J connectivity index is 2.46. The molecule has 4 nitrogen and oxygen atoms in total. The monoisotopic (exact) mass is 178 g/mol. The van der Waals surface area contributed by atoms with Gasteiger partial charge in [-0.15, -0.1) is 0 Å². The molecule has 0 spiro atoms. The molecule has 0 aromatic carbocycles. The lowest BCUT2D eigenvalue weighted by Gasteiger charge is -2.18. The summed E-state index contributed by atoms with van der Waals surface area (Å²) < 4.78 is 5.16. The zero-order chi connectivity index (χ0) is 9.26. The summed E-state index contributed by atoms with van der Waals surface area (Å²) in [6.45, 7) is 2.09. The number of carbonyl (C=O) groups is 1. The first-order valence-corrected chi connectivity index (χ1v) is 4.21. The molecule has 1 aliphatic heterocycles. The van der Waals surface area contributed by atoms with Gasteiger partial charge in [0.15, 0.2) is 6.61 Å². The summed E-state index contributed by atoms with van der Waals surface area (Å²) >= 11 is 0. The number of fused-ring (bicyclic) bond motifs is 1. The number of anilines is 1. The minimum atomic E-state index is -0.116. The van der Waals surface area contributed by atoms with Gasteiger partial charge in [-0.25, -0.2) is 4.98 Å². The lowest BCUT2D eigenvalue weighted by Crippen LogP contribution is -2.26. The Bertz CT molecular complexity index is 335. The van der Waals surface area contributed by atoms with E-state index in [2.05, 4.69) is 10.3 Å². The van der Waals surface area contributed by atoms with Crippen LogP contribution in [-0.2, 0) is 11.2 Å². The van der Waals surface area contributed by atoms with E-state index < -0.39 is 0 Å². The summed E-state index contributed by atoms with van der Waals surface area (Å²) in [4.78, 5) is 15.1. The average Bonchev–Trinajstić information content (AvgIpc) is 2.17. The van der Waals surface area contributed by atoms with Crippen LogP contribution in [-0.4, -0.2) is 17.5 Å². The summed E-state index contributed by atoms with van der Waals surface area (Å²) in [7, 11) is 0. The number of pyridine rings is 1. The van der Waals surface area contributed by atoms with E-state index in [0.29, 0.717) is 5.88 Å². The molecule has 2 rings (SSSR count). The maximum Gasteiger partial charge on any atom is 0.262 e. The molecular formula is C9H10N2O2. The van der Waals surface area contributed by atoms with Gasteiger partial charge in [-0.1, -0.05) is 6.92 Å². The Morgan fingerprint density at radius 3 is 3.31 bits per heavy atom. The fraction of sp³-hybridized carbons (Fsp3) is 0.333. The number of aromatic nitrogens is 1. The Morgan fingerprint density at radius 1 is 1.69 bits per heavy atom. The number of amides is 1. The number of ether oxygens (including phenoxy) is 1. The second-order valence-electron chi connectivity index (χ2n) is 2.84. The van der Waals surface area contributed by atoms with Gasteiger partial charge >= 0.3 is 0 Å². The molecular weight excluding hydrogens is 168 g/mol. The van der Waals surface area contributed by atoms with Crippen LogP contribution in [0.1, 0.15) is 12.5 Å². The van der Waals surface area contributed by atoms with Crippen LogP contribution in [0.25, 0.3) is 0 Å². The zero-order valence-electron chi connectivity index (χ0n) is 7.33. The molecule has 1 amide bonds. The molecule has 0 radical (unpaired) electrons. The van der Waals surface area contributed by atoms with Gasteiger partial charge < -0.3 is 10.1 Å². The topological polar surface area (TPSA) is 51.2 Å². The SMILES string of the molecule is CCc1ccnc2c1NC(=O)CO2. The predicted octanol–water partition coefficient (Wildman–Crippen LogP) is 0.975. The molecule has 1 aromatic heterocycles. The Morgan fingerprint density at radius 2 is 2.54 bits per heavy atom. The van der Waals surface area contributed by atoms with Gasteiger partial charge in [0.05, 0.1) is 0 Å². The van der Waals surface area contributed by atoms with Crippen LogP contribution in [0, 0.1) is 0 Å². The van der Waals surface area contributed by atoms with Crippen molar-refractivity contribution in [3.05, 3.63) is 17.8 Å². The quantitative estimate of drug-likeness (QED) is 0.697. The summed E-state index contributed by atoms with van der Waals surface area (Å²) in [5, 5.41) is 2.75. The van der Waals surface area contributed by atoms with Crippen LogP contribution < -0.4 is 10.1 Å². The molecule has 1 aliphatic rings. The van der Waals surface area contributed by atoms with E-state index in [1.807, 2.05) is 13.0 Å². The Labute approximate surface area is 75.9 Å². The van der Waals surface area contributed by atoms with E-state index in [0.717, 1.165) is 17.7 Å². The van der Waals surface area contributed by atoms with Crippen molar-refractivity contribution in [3.63, 3.8) is 0 Å². The number of carbonyl (C=O) groups excluding carboxylic acids is 1. The molecule has 4 heteroatoms. The molecule has 1 N–H and O–H groups in total. The van der Waals surface area contributed by atoms with E-state index >= 15 is 0 Å². The number of hydrogen-bond donors (Lipinski definition) is 1. The number of nitrogens with zero attached hydrogens (tertiary/aromatic N) is 1. The molecule has 0 saturated carbocycles. The van der Waals surface area contributed by atoms with Crippen molar-refractivity contribution in [2.24, 2.45) is 0 Å². The van der Waals surface area contributed by atoms with Crippen molar-refractivity contribution in [1.82, 2.24) is 4.98 Å². The smallest absolute Gasteiger partial charge is 0.262 e. The first-order chi connectivity index (χ1) is 6.31. The molecule has 13 heavy (non-hydrogen) atoms. The third kappa shape index (κ3) is 1.35. The van der Waals surface area contributed by atoms with Crippen LogP contribution >= 0.6 is 0 Å². The fourth-order valence-corrected chi connectivity index (χ4v) is 1.33. The average molecular weight is 178 g/mol. The maximum atomic E-state index is 11.0. The van der Waals surface area contributed by atoms with Gasteiger partial charge in [0, 0.05) is 6.20 Å². The third-order valence-electron chi connectivity index (χ3n) is 1.99. The lowest BCUT2D eigenvalue weighted by molar-refractivity contribution is -0.118. The predicted molar refractivity (Wildman–Crippen MR) is 47.7 cm³/mol. The van der Waals surface area contributed by atoms with Gasteiger partial charge in [-0.2, -0.15) is 0 Å². The Hall–Kier alpha value is -1.58. The minimum Gasteiger partial charge on any atom is -0.466 e. The second kappa shape index (κ2) is 3.05. The largest absolute Gasteiger partial charge is 0.466 e. The van der Waals surface area contributed by atoms with Crippen molar-refractivity contribution in [2.75, 3.05) is 11.9 Å². The molecule has 2 heterocycles. The highest BCUT2D eigenvalue weighted by Gasteiger charge is 2.18. The van der Waals surface area contributed by atoms with E-state index in [1.165, 1.54) is 0 Å². The van der Waals surface area contributed by atoms with Crippen LogP contribution in [0.15, 0.2) is 12.3 Å². The summed E-state index contributed by atoms with van der Waals surface area (Å²) in [5.41, 5.74) is 1.78. The van der Waals surface area contributed by atoms with E-state index in [9.17, 15) is 4.79 Å². The van der Waals surface area contributed by atoms with Crippen molar-refractivity contribution >= 4 is 11.6 Å². The molecule has 1 aromatic rings. The van der Waals surface area contributed by atoms with Crippen molar-refractivity contribution < 1.29 is 9.53 Å². The third-order valence-corrected chi connectivity index (χ3v) is 1.99. The van der Waals surface area contributed by atoms with Gasteiger partial charge in [0.2, 0.25) is 5.88 Å². The molecule has 0 bridgehead atoms. The van der Waals surface area contributed by atoms with E-state index in [1.54, 1.807) is 6.20 Å². The highest BCUT2D eigenvalue weighted by molar-refractivity contribution is 5.95. The normalized spacial score (nSPS) is 14.4. The summed E-state index contributed by atoms with van der Waals surface area (Å²) in [6, 6.07) is 1.88. The highest BCUT2D eigenvalue weighted by atomic mass is 16.5. The summed E-state index contributed by atoms with van der Waals surface area (Å²) in [6.07, 6.45) is 2.55. The lowest BCUT2D eigenvalue weighted by atomic mass is 10.1. The van der Waals surface area contributed by atoms with Gasteiger partial charge in [-0.05, 0) is 18.1 Å². The molecule has 0 aliphatic carbocycles. The van der Waals surface area contributed by atoms with Gasteiger partial charge in [0.25, 0.3) is 5.91 Å². The van der Waals surface area contributed by atoms with Gasteiger partial charge in [0.1, 0.15) is 5.69 Å². The summed E-state index contributed by atoms with van der Waals surface area (Å²) in [5.74, 6) is 0.411. The molecule has 0 fully saturated rings. The van der Waals surface area contributed by atoms with Crippen LogP contribution in [0.3, 0.4) is 0 Å². The van der Waals surface area contributed by atoms with Crippen molar-refractivity contribution in [1.29, 1.82) is 0 Å². The molecule has 68 valence electrons. The van der Waals surface area contributed by atoms with Crippen LogP contribution in [0.5, 0.6) is 5.88 Å². The van der Waals surface area contributed by atoms with Crippen molar-refractivity contribution in [2.45, 2.75) is 13.3 Å². The van der Waals surface area contributed by atoms with E-state index in [-0.39, 0.29) is 12.5 Å². The van der Waals surface area contributed by atoms with Crippen molar-refractivity contribution in [3.8, 4) is 5.88 Å². The minimum absolute atomic E-state index is 0.0627. The molecule has 0 unspecified atom stereocenters. The van der Waals surface area contributed by atoms with Gasteiger partial charge in [-0.3, -0.25) is 4.79 Å². The Kier molecular flexibility index (Phi) is 1.88. The number of aryl methyl sites for hydroxylation is 1. The second-order valence-corrected chi connectivity index (χ2v) is 2.84. The first-order valence-electron chi connectivity index (χ1n) is 4.21. The highest BCUT2D eigenvalue weighted by Crippen LogP contribution is 2.28. The van der Waals surface area contributed by atoms with Crippen LogP contribution in [0.2, 0.25) is 0 Å². The molecule has 0 saturated heterocycles. The standard InChI is InChI=1S/C9H10N2O2/c1-2-6-3-4-10-9-8(6)11-7(12)5-13-9/h3-4H,2,5H2,1H3,(H,11,12). The van der Waals surface area contributed by atoms with E-state index in [4.69, 9.17) is 4.74 Å². The first kappa shape index (κ1) is 8.04. The van der Waals surface area contributed by atoms with Crippen LogP contribution in [0.4, 0.5) is 5.69 Å². The number of rotatable bonds is 1. The maximum absolute atomic E-state index is 11.0. The number of nitrogens with one attached hydrogen (secondary N) is 1.